The molecular weight excluding hydrogens is 642 g/mol. The van der Waals surface area contributed by atoms with Crippen LogP contribution in [0.4, 0.5) is 0 Å². The van der Waals surface area contributed by atoms with E-state index in [1.807, 2.05) is 29.2 Å². The Hall–Kier alpha value is -3.74. The molecule has 3 atom stereocenters. The van der Waals surface area contributed by atoms with Crippen molar-refractivity contribution in [1.82, 2.24) is 14.7 Å². The summed E-state index contributed by atoms with van der Waals surface area (Å²) in [4.78, 5) is 32.4. The molecule has 2 aromatic carbocycles. The number of piperazine rings is 1. The van der Waals surface area contributed by atoms with Gasteiger partial charge in [-0.05, 0) is 61.1 Å². The molecule has 0 N–H and O–H groups in total. The summed E-state index contributed by atoms with van der Waals surface area (Å²) in [6.45, 7) is 5.67. The molecule has 2 aromatic rings. The highest BCUT2D eigenvalue weighted by Crippen LogP contribution is 2.38. The van der Waals surface area contributed by atoms with Crippen molar-refractivity contribution in [2.45, 2.75) is 76.2 Å². The number of carbonyl (C=O) groups is 2. The predicted molar refractivity (Wildman–Crippen MR) is 189 cm³/mol. The SMILES string of the molecule is COc1ccc(CCO[C@@H]2CCCC[C@H]2N2CC[C@@H](OC(=O)CCC(=O)N3CCN(Cc4cc(OC)c(OC)c(OC)c4)CC3)C2)cc1OC. The van der Waals surface area contributed by atoms with E-state index in [2.05, 4.69) is 15.9 Å². The van der Waals surface area contributed by atoms with Crippen LogP contribution in [0.15, 0.2) is 30.3 Å². The molecule has 0 bridgehead atoms. The average Bonchev–Trinajstić information content (AvgIpc) is 3.61. The molecule has 12 heteroatoms. The van der Waals surface area contributed by atoms with Gasteiger partial charge in [0.05, 0.1) is 54.7 Å². The summed E-state index contributed by atoms with van der Waals surface area (Å²) >= 11 is 0. The summed E-state index contributed by atoms with van der Waals surface area (Å²) in [5.41, 5.74) is 2.20. The maximum Gasteiger partial charge on any atom is 0.306 e. The Labute approximate surface area is 296 Å². The fourth-order valence-corrected chi connectivity index (χ4v) is 7.46. The first-order valence-electron chi connectivity index (χ1n) is 17.9. The normalized spacial score (nSPS) is 21.5. The van der Waals surface area contributed by atoms with E-state index >= 15 is 0 Å². The summed E-state index contributed by atoms with van der Waals surface area (Å²) < 4.78 is 39.6. The zero-order valence-corrected chi connectivity index (χ0v) is 30.4. The van der Waals surface area contributed by atoms with E-state index in [-0.39, 0.29) is 36.9 Å². The quantitative estimate of drug-likeness (QED) is 0.234. The lowest BCUT2D eigenvalue weighted by Gasteiger charge is -2.37. The molecule has 50 heavy (non-hydrogen) atoms. The first-order valence-corrected chi connectivity index (χ1v) is 17.9. The molecular formula is C38H55N3O9. The second-order valence-electron chi connectivity index (χ2n) is 13.3. The molecule has 0 spiro atoms. The van der Waals surface area contributed by atoms with Crippen LogP contribution in [0.5, 0.6) is 28.7 Å². The van der Waals surface area contributed by atoms with Gasteiger partial charge in [0.2, 0.25) is 11.7 Å². The Morgan fingerprint density at radius 2 is 1.40 bits per heavy atom. The van der Waals surface area contributed by atoms with E-state index in [4.69, 9.17) is 33.2 Å². The van der Waals surface area contributed by atoms with Gasteiger partial charge in [0.1, 0.15) is 6.10 Å². The number of ether oxygens (including phenoxy) is 7. The molecule has 2 aliphatic heterocycles. The Morgan fingerprint density at radius 1 is 0.720 bits per heavy atom. The Morgan fingerprint density at radius 3 is 2.08 bits per heavy atom. The first-order chi connectivity index (χ1) is 24.3. The monoisotopic (exact) mass is 697 g/mol. The average molecular weight is 698 g/mol. The van der Waals surface area contributed by atoms with Gasteiger partial charge in [-0.25, -0.2) is 0 Å². The molecule has 3 aliphatic rings. The molecule has 276 valence electrons. The number of esters is 1. The molecule has 0 unspecified atom stereocenters. The van der Waals surface area contributed by atoms with Crippen molar-refractivity contribution in [3.05, 3.63) is 41.5 Å². The highest BCUT2D eigenvalue weighted by molar-refractivity contribution is 5.81. The number of carbonyl (C=O) groups excluding carboxylic acids is 2. The van der Waals surface area contributed by atoms with Gasteiger partial charge in [-0.1, -0.05) is 18.9 Å². The first kappa shape index (κ1) is 37.5. The second-order valence-corrected chi connectivity index (χ2v) is 13.3. The number of hydrogen-bond donors (Lipinski definition) is 0. The van der Waals surface area contributed by atoms with Crippen molar-refractivity contribution in [3.63, 3.8) is 0 Å². The third-order valence-corrected chi connectivity index (χ3v) is 10.2. The van der Waals surface area contributed by atoms with Crippen LogP contribution in [-0.2, 0) is 32.0 Å². The highest BCUT2D eigenvalue weighted by atomic mass is 16.5. The van der Waals surface area contributed by atoms with Gasteiger partial charge in [0, 0.05) is 58.3 Å². The number of rotatable bonds is 16. The van der Waals surface area contributed by atoms with Gasteiger partial charge in [0.25, 0.3) is 0 Å². The molecule has 1 aliphatic carbocycles. The molecule has 0 radical (unpaired) electrons. The highest BCUT2D eigenvalue weighted by Gasteiger charge is 2.36. The summed E-state index contributed by atoms with van der Waals surface area (Å²) in [6.07, 6.45) is 6.37. The summed E-state index contributed by atoms with van der Waals surface area (Å²) in [5, 5.41) is 0. The lowest BCUT2D eigenvalue weighted by molar-refractivity contribution is -0.150. The zero-order valence-electron chi connectivity index (χ0n) is 30.4. The van der Waals surface area contributed by atoms with Crippen molar-refractivity contribution in [2.24, 2.45) is 0 Å². The van der Waals surface area contributed by atoms with Gasteiger partial charge >= 0.3 is 5.97 Å². The van der Waals surface area contributed by atoms with Gasteiger partial charge in [0.15, 0.2) is 23.0 Å². The van der Waals surface area contributed by atoms with Crippen LogP contribution >= 0.6 is 0 Å². The Balaban J connectivity index is 1.01. The van der Waals surface area contributed by atoms with Crippen molar-refractivity contribution in [1.29, 1.82) is 0 Å². The van der Waals surface area contributed by atoms with E-state index < -0.39 is 0 Å². The molecule has 5 rings (SSSR count). The van der Waals surface area contributed by atoms with Gasteiger partial charge in [-0.3, -0.25) is 19.4 Å². The second kappa shape index (κ2) is 18.5. The smallest absolute Gasteiger partial charge is 0.306 e. The Kier molecular flexibility index (Phi) is 13.9. The fourth-order valence-electron chi connectivity index (χ4n) is 7.46. The van der Waals surface area contributed by atoms with Crippen LogP contribution in [0.25, 0.3) is 0 Å². The maximum atomic E-state index is 13.0. The van der Waals surface area contributed by atoms with Crippen LogP contribution in [-0.4, -0.2) is 126 Å². The molecule has 0 aromatic heterocycles. The largest absolute Gasteiger partial charge is 0.493 e. The number of likely N-dealkylation sites (tertiary alicyclic amines) is 1. The van der Waals surface area contributed by atoms with Crippen molar-refractivity contribution in [3.8, 4) is 28.7 Å². The summed E-state index contributed by atoms with van der Waals surface area (Å²) in [5.74, 6) is 2.97. The molecule has 1 amide bonds. The predicted octanol–water partition coefficient (Wildman–Crippen LogP) is 4.34. The molecule has 3 fully saturated rings. The van der Waals surface area contributed by atoms with E-state index in [1.54, 1.807) is 35.5 Å². The fraction of sp³-hybridized carbons (Fsp3) is 0.632. The topological polar surface area (TPSA) is 108 Å². The number of hydrogen-bond acceptors (Lipinski definition) is 11. The zero-order chi connectivity index (χ0) is 35.5. The molecule has 2 heterocycles. The minimum Gasteiger partial charge on any atom is -0.493 e. The maximum absolute atomic E-state index is 13.0. The van der Waals surface area contributed by atoms with Crippen LogP contribution in [0.2, 0.25) is 0 Å². The minimum absolute atomic E-state index is 0.00212. The number of benzene rings is 2. The summed E-state index contributed by atoms with van der Waals surface area (Å²) in [7, 11) is 8.10. The van der Waals surface area contributed by atoms with Crippen molar-refractivity contribution in [2.75, 3.05) is 81.4 Å². The van der Waals surface area contributed by atoms with Crippen LogP contribution < -0.4 is 23.7 Å². The number of amides is 1. The van der Waals surface area contributed by atoms with Crippen molar-refractivity contribution < 1.29 is 42.7 Å². The lowest BCUT2D eigenvalue weighted by atomic mass is 9.91. The van der Waals surface area contributed by atoms with Gasteiger partial charge < -0.3 is 38.1 Å². The lowest BCUT2D eigenvalue weighted by Crippen LogP contribution is -2.48. The van der Waals surface area contributed by atoms with Crippen LogP contribution in [0, 0.1) is 0 Å². The van der Waals surface area contributed by atoms with E-state index in [9.17, 15) is 9.59 Å². The minimum atomic E-state index is -0.294. The van der Waals surface area contributed by atoms with Gasteiger partial charge in [-0.2, -0.15) is 0 Å². The third-order valence-electron chi connectivity index (χ3n) is 10.2. The van der Waals surface area contributed by atoms with Crippen LogP contribution in [0.1, 0.15) is 56.1 Å². The molecule has 2 saturated heterocycles. The molecule has 1 saturated carbocycles. The van der Waals surface area contributed by atoms with Crippen LogP contribution in [0.3, 0.4) is 0 Å². The standard InChI is InChI=1S/C38H55N3O9/c1-44-32-11-10-27(22-33(32)45-2)15-21-49-31-9-7-6-8-30(31)41-16-14-29(26-41)50-37(43)13-12-36(42)40-19-17-39(18-20-40)25-28-23-34(46-3)38(48-5)35(24-28)47-4/h10-11,22-24,29-31H,6-9,12-21,25-26H2,1-5H3/t29-,30-,31-/m1/s1. The number of nitrogens with zero attached hydrogens (tertiary/aromatic N) is 3. The van der Waals surface area contributed by atoms with Crippen molar-refractivity contribution >= 4 is 11.9 Å². The van der Waals surface area contributed by atoms with E-state index in [0.29, 0.717) is 56.1 Å². The van der Waals surface area contributed by atoms with E-state index in [0.717, 1.165) is 67.9 Å². The Bertz CT molecular complexity index is 1390. The van der Waals surface area contributed by atoms with Gasteiger partial charge in [-0.15, -0.1) is 0 Å². The van der Waals surface area contributed by atoms with E-state index in [1.165, 1.54) is 12.8 Å². The third kappa shape index (κ3) is 9.73. The number of methoxy groups -OCH3 is 5. The summed E-state index contributed by atoms with van der Waals surface area (Å²) in [6, 6.07) is 10.2. The molecule has 12 nitrogen and oxygen atoms in total.